The zero-order valence-corrected chi connectivity index (χ0v) is 13.1. The second-order valence-electron chi connectivity index (χ2n) is 6.52. The summed E-state index contributed by atoms with van der Waals surface area (Å²) in [5.74, 6) is -1.01. The minimum atomic E-state index is -0.524. The van der Waals surface area contributed by atoms with Gasteiger partial charge in [-0.25, -0.2) is 8.78 Å². The zero-order valence-electron chi connectivity index (χ0n) is 13.1. The SMILES string of the molecule is CN1CC(C)(C)c2cc(F)cc(F)c2CNc2ccccc21. The Bertz CT molecular complexity index is 710. The Morgan fingerprint density at radius 1 is 1.14 bits per heavy atom. The van der Waals surface area contributed by atoms with E-state index in [0.717, 1.165) is 23.0 Å². The van der Waals surface area contributed by atoms with Crippen molar-refractivity contribution in [2.24, 2.45) is 0 Å². The highest BCUT2D eigenvalue weighted by atomic mass is 19.1. The van der Waals surface area contributed by atoms with Gasteiger partial charge in [0, 0.05) is 37.2 Å². The van der Waals surface area contributed by atoms with Gasteiger partial charge < -0.3 is 10.2 Å². The van der Waals surface area contributed by atoms with Crippen LogP contribution in [-0.4, -0.2) is 13.6 Å². The van der Waals surface area contributed by atoms with Crippen LogP contribution in [0.2, 0.25) is 0 Å². The quantitative estimate of drug-likeness (QED) is 0.780. The van der Waals surface area contributed by atoms with Gasteiger partial charge in [0.25, 0.3) is 0 Å². The van der Waals surface area contributed by atoms with Crippen molar-refractivity contribution >= 4 is 11.4 Å². The van der Waals surface area contributed by atoms with Crippen LogP contribution in [0.1, 0.15) is 25.0 Å². The maximum absolute atomic E-state index is 14.3. The number of hydrogen-bond acceptors (Lipinski definition) is 2. The first-order valence-corrected chi connectivity index (χ1v) is 7.41. The highest BCUT2D eigenvalue weighted by molar-refractivity contribution is 5.70. The monoisotopic (exact) mass is 302 g/mol. The fraction of sp³-hybridized carbons (Fsp3) is 0.333. The largest absolute Gasteiger partial charge is 0.379 e. The van der Waals surface area contributed by atoms with Gasteiger partial charge in [-0.3, -0.25) is 0 Å². The lowest BCUT2D eigenvalue weighted by atomic mass is 9.81. The van der Waals surface area contributed by atoms with Crippen LogP contribution in [0, 0.1) is 11.6 Å². The average molecular weight is 302 g/mol. The Morgan fingerprint density at radius 3 is 2.64 bits per heavy atom. The predicted molar refractivity (Wildman–Crippen MR) is 86.4 cm³/mol. The summed E-state index contributed by atoms with van der Waals surface area (Å²) in [7, 11) is 2.00. The van der Waals surface area contributed by atoms with Gasteiger partial charge in [0.05, 0.1) is 11.4 Å². The number of para-hydroxylation sites is 2. The van der Waals surface area contributed by atoms with E-state index in [9.17, 15) is 8.78 Å². The van der Waals surface area contributed by atoms with Crippen molar-refractivity contribution in [1.82, 2.24) is 0 Å². The van der Waals surface area contributed by atoms with Crippen molar-refractivity contribution in [2.45, 2.75) is 25.8 Å². The first kappa shape index (κ1) is 14.8. The number of nitrogens with zero attached hydrogens (tertiary/aromatic N) is 1. The molecule has 0 amide bonds. The number of likely N-dealkylation sites (N-methyl/N-ethyl adjacent to an activating group) is 1. The lowest BCUT2D eigenvalue weighted by Crippen LogP contribution is -2.35. The molecule has 0 spiro atoms. The fourth-order valence-corrected chi connectivity index (χ4v) is 3.29. The topological polar surface area (TPSA) is 15.3 Å². The number of benzene rings is 2. The lowest BCUT2D eigenvalue weighted by molar-refractivity contribution is 0.499. The molecule has 2 aromatic carbocycles. The van der Waals surface area contributed by atoms with Crippen LogP contribution in [0.4, 0.5) is 20.2 Å². The molecule has 0 radical (unpaired) electrons. The van der Waals surface area contributed by atoms with Crippen molar-refractivity contribution < 1.29 is 8.78 Å². The Labute approximate surface area is 129 Å². The molecule has 0 aromatic heterocycles. The Morgan fingerprint density at radius 2 is 1.86 bits per heavy atom. The summed E-state index contributed by atoms with van der Waals surface area (Å²) in [6.07, 6.45) is 0. The normalized spacial score (nSPS) is 16.7. The summed E-state index contributed by atoms with van der Waals surface area (Å²) in [4.78, 5) is 2.13. The Balaban J connectivity index is 2.17. The molecule has 0 unspecified atom stereocenters. The number of fused-ring (bicyclic) bond motifs is 2. The van der Waals surface area contributed by atoms with Crippen LogP contribution < -0.4 is 10.2 Å². The van der Waals surface area contributed by atoms with Gasteiger partial charge in [0.1, 0.15) is 11.6 Å². The van der Waals surface area contributed by atoms with Crippen molar-refractivity contribution in [3.63, 3.8) is 0 Å². The number of hydrogen-bond donors (Lipinski definition) is 1. The molecule has 3 rings (SSSR count). The third-order valence-corrected chi connectivity index (χ3v) is 4.29. The highest BCUT2D eigenvalue weighted by Gasteiger charge is 2.29. The van der Waals surface area contributed by atoms with E-state index in [1.165, 1.54) is 6.07 Å². The molecule has 1 heterocycles. The van der Waals surface area contributed by atoms with Crippen LogP contribution in [-0.2, 0) is 12.0 Å². The van der Waals surface area contributed by atoms with E-state index >= 15 is 0 Å². The molecule has 0 saturated heterocycles. The van der Waals surface area contributed by atoms with E-state index in [4.69, 9.17) is 0 Å². The van der Waals surface area contributed by atoms with Gasteiger partial charge in [-0.1, -0.05) is 26.0 Å². The second kappa shape index (κ2) is 5.27. The van der Waals surface area contributed by atoms with E-state index in [0.29, 0.717) is 18.7 Å². The molecule has 0 fully saturated rings. The molecule has 2 nitrogen and oxygen atoms in total. The van der Waals surface area contributed by atoms with Crippen LogP contribution in [0.15, 0.2) is 36.4 Å². The third-order valence-electron chi connectivity index (χ3n) is 4.29. The average Bonchev–Trinajstić information content (AvgIpc) is 2.48. The molecular weight excluding hydrogens is 282 g/mol. The molecule has 116 valence electrons. The lowest BCUT2D eigenvalue weighted by Gasteiger charge is -2.33. The summed E-state index contributed by atoms with van der Waals surface area (Å²) in [5.41, 5.74) is 2.90. The molecule has 1 aliphatic rings. The summed E-state index contributed by atoms with van der Waals surface area (Å²) in [5, 5.41) is 3.29. The minimum Gasteiger partial charge on any atom is -0.379 e. The minimum absolute atomic E-state index is 0.343. The molecule has 1 aliphatic heterocycles. The highest BCUT2D eigenvalue weighted by Crippen LogP contribution is 2.35. The molecule has 0 aliphatic carbocycles. The van der Waals surface area contributed by atoms with Gasteiger partial charge in [-0.05, 0) is 23.8 Å². The molecule has 4 heteroatoms. The molecule has 2 aromatic rings. The van der Waals surface area contributed by atoms with Crippen LogP contribution in [0.5, 0.6) is 0 Å². The number of nitrogens with one attached hydrogen (secondary N) is 1. The number of anilines is 2. The van der Waals surface area contributed by atoms with E-state index in [1.807, 2.05) is 45.2 Å². The second-order valence-corrected chi connectivity index (χ2v) is 6.52. The van der Waals surface area contributed by atoms with E-state index in [1.54, 1.807) is 0 Å². The van der Waals surface area contributed by atoms with Crippen molar-refractivity contribution in [2.75, 3.05) is 23.8 Å². The van der Waals surface area contributed by atoms with E-state index in [2.05, 4.69) is 10.2 Å². The van der Waals surface area contributed by atoms with Crippen molar-refractivity contribution in [1.29, 1.82) is 0 Å². The van der Waals surface area contributed by atoms with Gasteiger partial charge in [0.2, 0.25) is 0 Å². The van der Waals surface area contributed by atoms with E-state index in [-0.39, 0.29) is 5.41 Å². The summed E-state index contributed by atoms with van der Waals surface area (Å²) >= 11 is 0. The predicted octanol–water partition coefficient (Wildman–Crippen LogP) is 4.30. The molecule has 0 bridgehead atoms. The van der Waals surface area contributed by atoms with Crippen molar-refractivity contribution in [3.05, 3.63) is 59.2 Å². The zero-order chi connectivity index (χ0) is 15.9. The first-order chi connectivity index (χ1) is 10.4. The molecular formula is C18H20F2N2. The molecule has 0 atom stereocenters. The van der Waals surface area contributed by atoms with Gasteiger partial charge >= 0.3 is 0 Å². The molecule has 0 saturated carbocycles. The number of halogens is 2. The maximum Gasteiger partial charge on any atom is 0.131 e. The maximum atomic E-state index is 14.3. The fourth-order valence-electron chi connectivity index (χ4n) is 3.29. The Hall–Kier alpha value is -2.10. The smallest absolute Gasteiger partial charge is 0.131 e. The molecule has 22 heavy (non-hydrogen) atoms. The van der Waals surface area contributed by atoms with Gasteiger partial charge in [-0.15, -0.1) is 0 Å². The third kappa shape index (κ3) is 2.54. The summed E-state index contributed by atoms with van der Waals surface area (Å²) in [6, 6.07) is 10.4. The van der Waals surface area contributed by atoms with Crippen LogP contribution in [0.25, 0.3) is 0 Å². The van der Waals surface area contributed by atoms with Crippen molar-refractivity contribution in [3.8, 4) is 0 Å². The van der Waals surface area contributed by atoms with E-state index < -0.39 is 11.6 Å². The van der Waals surface area contributed by atoms with Crippen LogP contribution in [0.3, 0.4) is 0 Å². The number of rotatable bonds is 0. The Kier molecular flexibility index (Phi) is 3.55. The van der Waals surface area contributed by atoms with Gasteiger partial charge in [0.15, 0.2) is 0 Å². The van der Waals surface area contributed by atoms with Crippen LogP contribution >= 0.6 is 0 Å². The summed E-state index contributed by atoms with van der Waals surface area (Å²) in [6.45, 7) is 5.06. The molecule has 1 N–H and O–H groups in total. The standard InChI is InChI=1S/C18H20F2N2/c1-18(2)11-22(3)17-7-5-4-6-16(17)21-10-13-14(18)8-12(19)9-15(13)20/h4-9,21H,10-11H2,1-3H3. The first-order valence-electron chi connectivity index (χ1n) is 7.41. The summed E-state index contributed by atoms with van der Waals surface area (Å²) < 4.78 is 28.0. The van der Waals surface area contributed by atoms with Gasteiger partial charge in [-0.2, -0.15) is 0 Å².